The van der Waals surface area contributed by atoms with Gasteiger partial charge in [0.05, 0.1) is 19.8 Å². The van der Waals surface area contributed by atoms with Crippen molar-refractivity contribution in [2.75, 3.05) is 20.3 Å². The number of ether oxygens (including phenoxy) is 3. The predicted molar refractivity (Wildman–Crippen MR) is 127 cm³/mol. The van der Waals surface area contributed by atoms with Gasteiger partial charge in [-0.15, -0.1) is 0 Å². The van der Waals surface area contributed by atoms with Crippen molar-refractivity contribution < 1.29 is 19.0 Å². The second kappa shape index (κ2) is 9.66. The summed E-state index contributed by atoms with van der Waals surface area (Å²) in [6.45, 7) is 8.79. The standard InChI is InChI=1S/C28H36O4/c1-5-20-15-23(32-18-20)17-28(3)13-12-25-24-11-9-22(30-4)16-21(24)8-10-26(25)27(28)7-6-14-31-19(2)29/h5-7,9,11,15-16,23,25-27H,1,8,10,12-14,17-18H2,2-4H3/b7-6+/t23-,25+,26+,27-,28+/m0/s1. The van der Waals surface area contributed by atoms with Gasteiger partial charge in [0.2, 0.25) is 0 Å². The minimum Gasteiger partial charge on any atom is -0.497 e. The van der Waals surface area contributed by atoms with Gasteiger partial charge in [0.1, 0.15) is 12.4 Å². The molecule has 0 saturated heterocycles. The zero-order chi connectivity index (χ0) is 22.7. The average molecular weight is 437 g/mol. The smallest absolute Gasteiger partial charge is 0.302 e. The van der Waals surface area contributed by atoms with Crippen molar-refractivity contribution in [3.05, 3.63) is 65.8 Å². The number of hydrogen-bond acceptors (Lipinski definition) is 4. The maximum Gasteiger partial charge on any atom is 0.302 e. The first-order valence-corrected chi connectivity index (χ1v) is 11.8. The van der Waals surface area contributed by atoms with Gasteiger partial charge in [-0.25, -0.2) is 0 Å². The molecule has 4 rings (SSSR count). The monoisotopic (exact) mass is 436 g/mol. The van der Waals surface area contributed by atoms with Gasteiger partial charge in [-0.2, -0.15) is 0 Å². The lowest BCUT2D eigenvalue weighted by Gasteiger charge is -2.51. The van der Waals surface area contributed by atoms with E-state index in [9.17, 15) is 4.79 Å². The summed E-state index contributed by atoms with van der Waals surface area (Å²) in [5, 5.41) is 0. The molecule has 1 aromatic rings. The largest absolute Gasteiger partial charge is 0.497 e. The second-order valence-corrected chi connectivity index (χ2v) is 9.82. The molecule has 5 atom stereocenters. The molecule has 1 aliphatic heterocycles. The highest BCUT2D eigenvalue weighted by molar-refractivity contribution is 5.66. The zero-order valence-electron chi connectivity index (χ0n) is 19.6. The average Bonchev–Trinajstić information content (AvgIpc) is 3.24. The van der Waals surface area contributed by atoms with E-state index in [0.717, 1.165) is 25.0 Å². The first-order chi connectivity index (χ1) is 15.4. The van der Waals surface area contributed by atoms with Crippen LogP contribution in [0.5, 0.6) is 5.75 Å². The first kappa shape index (κ1) is 22.8. The van der Waals surface area contributed by atoms with Crippen LogP contribution in [0.2, 0.25) is 0 Å². The lowest BCUT2D eigenvalue weighted by Crippen LogP contribution is -2.43. The molecule has 4 nitrogen and oxygen atoms in total. The summed E-state index contributed by atoms with van der Waals surface area (Å²) in [5.41, 5.74) is 4.26. The number of rotatable bonds is 7. The van der Waals surface area contributed by atoms with Crippen molar-refractivity contribution in [3.8, 4) is 5.75 Å². The second-order valence-electron chi connectivity index (χ2n) is 9.82. The summed E-state index contributed by atoms with van der Waals surface area (Å²) in [7, 11) is 1.74. The van der Waals surface area contributed by atoms with E-state index in [1.807, 2.05) is 6.08 Å². The topological polar surface area (TPSA) is 44.8 Å². The number of fused-ring (bicyclic) bond motifs is 3. The highest BCUT2D eigenvalue weighted by atomic mass is 16.5. The normalized spacial score (nSPS) is 31.5. The lowest BCUT2D eigenvalue weighted by atomic mass is 9.53. The third-order valence-corrected chi connectivity index (χ3v) is 7.83. The van der Waals surface area contributed by atoms with Crippen molar-refractivity contribution >= 4 is 5.97 Å². The quantitative estimate of drug-likeness (QED) is 0.402. The maximum atomic E-state index is 11.2. The van der Waals surface area contributed by atoms with Gasteiger partial charge in [-0.1, -0.05) is 43.9 Å². The first-order valence-electron chi connectivity index (χ1n) is 11.8. The van der Waals surface area contributed by atoms with Crippen molar-refractivity contribution in [2.45, 2.75) is 58.0 Å². The van der Waals surface area contributed by atoms with Crippen molar-refractivity contribution in [1.29, 1.82) is 0 Å². The van der Waals surface area contributed by atoms with Gasteiger partial charge in [0.25, 0.3) is 0 Å². The fraction of sp³-hybridized carbons (Fsp3) is 0.536. The van der Waals surface area contributed by atoms with Crippen molar-refractivity contribution in [1.82, 2.24) is 0 Å². The Hall–Kier alpha value is -2.33. The van der Waals surface area contributed by atoms with E-state index in [4.69, 9.17) is 14.2 Å². The molecule has 0 N–H and O–H groups in total. The number of benzene rings is 1. The Kier molecular flexibility index (Phi) is 6.90. The van der Waals surface area contributed by atoms with E-state index < -0.39 is 0 Å². The van der Waals surface area contributed by atoms with E-state index in [2.05, 4.69) is 49.9 Å². The fourth-order valence-corrected chi connectivity index (χ4v) is 6.23. The van der Waals surface area contributed by atoms with E-state index in [1.165, 1.54) is 36.5 Å². The number of allylic oxidation sites excluding steroid dienone is 1. The lowest BCUT2D eigenvalue weighted by molar-refractivity contribution is -0.139. The molecule has 4 heteroatoms. The maximum absolute atomic E-state index is 11.2. The van der Waals surface area contributed by atoms with Crippen molar-refractivity contribution in [3.63, 3.8) is 0 Å². The molecule has 172 valence electrons. The van der Waals surface area contributed by atoms with Crippen LogP contribution < -0.4 is 4.74 Å². The Bertz CT molecular complexity index is 914. The van der Waals surface area contributed by atoms with E-state index in [-0.39, 0.29) is 17.5 Å². The molecule has 0 radical (unpaired) electrons. The van der Waals surface area contributed by atoms with Gasteiger partial charge < -0.3 is 14.2 Å². The van der Waals surface area contributed by atoms with Crippen LogP contribution in [-0.2, 0) is 20.7 Å². The Morgan fingerprint density at radius 3 is 2.91 bits per heavy atom. The molecule has 0 spiro atoms. The fourth-order valence-electron chi connectivity index (χ4n) is 6.23. The van der Waals surface area contributed by atoms with Gasteiger partial charge in [-0.3, -0.25) is 4.79 Å². The van der Waals surface area contributed by atoms with Crippen LogP contribution >= 0.6 is 0 Å². The Morgan fingerprint density at radius 2 is 2.19 bits per heavy atom. The van der Waals surface area contributed by atoms with Gasteiger partial charge in [-0.05, 0) is 84.1 Å². The third kappa shape index (κ3) is 4.71. The summed E-state index contributed by atoms with van der Waals surface area (Å²) in [6.07, 6.45) is 14.3. The molecule has 3 aliphatic rings. The minimum atomic E-state index is -0.235. The summed E-state index contributed by atoms with van der Waals surface area (Å²) in [4.78, 5) is 11.2. The molecule has 1 aromatic carbocycles. The van der Waals surface area contributed by atoms with E-state index >= 15 is 0 Å². The third-order valence-electron chi connectivity index (χ3n) is 7.83. The molecule has 1 saturated carbocycles. The van der Waals surface area contributed by atoms with Gasteiger partial charge >= 0.3 is 5.97 Å². The zero-order valence-corrected chi connectivity index (χ0v) is 19.6. The SMILES string of the molecule is C=CC1=C[C@@H](C[C@@]2(C)CC[C@@H]3c4ccc(OC)cc4CC[C@H]3[C@@H]2/C=C/COC(C)=O)OC1. The number of aryl methyl sites for hydroxylation is 1. The summed E-state index contributed by atoms with van der Waals surface area (Å²) < 4.78 is 16.7. The Labute approximate surface area is 192 Å². The predicted octanol–water partition coefficient (Wildman–Crippen LogP) is 5.78. The van der Waals surface area contributed by atoms with Crippen LogP contribution in [0.1, 0.15) is 56.6 Å². The molecule has 0 amide bonds. The molecule has 0 aromatic heterocycles. The molecule has 2 aliphatic carbocycles. The van der Waals surface area contributed by atoms with Crippen LogP contribution in [0.4, 0.5) is 0 Å². The molecular weight excluding hydrogens is 400 g/mol. The Morgan fingerprint density at radius 1 is 1.34 bits per heavy atom. The molecule has 1 heterocycles. The van der Waals surface area contributed by atoms with Gasteiger partial charge in [0, 0.05) is 6.92 Å². The van der Waals surface area contributed by atoms with E-state index in [0.29, 0.717) is 31.0 Å². The minimum absolute atomic E-state index is 0.135. The van der Waals surface area contributed by atoms with Gasteiger partial charge in [0.15, 0.2) is 0 Å². The summed E-state index contributed by atoms with van der Waals surface area (Å²) in [5.74, 6) is 2.26. The van der Waals surface area contributed by atoms with Crippen molar-refractivity contribution in [2.24, 2.45) is 17.3 Å². The number of carbonyl (C=O) groups excluding carboxylic acids is 1. The Balaban J connectivity index is 1.60. The highest BCUT2D eigenvalue weighted by Crippen LogP contribution is 2.57. The van der Waals surface area contributed by atoms with Crippen LogP contribution in [0, 0.1) is 17.3 Å². The molecule has 1 fully saturated rings. The number of esters is 1. The van der Waals surface area contributed by atoms with Crippen LogP contribution in [0.25, 0.3) is 0 Å². The van der Waals surface area contributed by atoms with E-state index in [1.54, 1.807) is 7.11 Å². The van der Waals surface area contributed by atoms with Crippen LogP contribution in [0.15, 0.2) is 54.7 Å². The summed E-state index contributed by atoms with van der Waals surface area (Å²) >= 11 is 0. The molecule has 0 unspecified atom stereocenters. The molecular formula is C28H36O4. The number of methoxy groups -OCH3 is 1. The number of hydrogen-bond donors (Lipinski definition) is 0. The highest BCUT2D eigenvalue weighted by Gasteiger charge is 2.48. The van der Waals surface area contributed by atoms with Crippen LogP contribution in [0.3, 0.4) is 0 Å². The summed E-state index contributed by atoms with van der Waals surface area (Å²) in [6, 6.07) is 6.61. The number of carbonyl (C=O) groups is 1. The molecule has 0 bridgehead atoms. The molecule has 32 heavy (non-hydrogen) atoms. The van der Waals surface area contributed by atoms with Crippen LogP contribution in [-0.4, -0.2) is 32.4 Å².